The number of amides is 1. The zero-order valence-electron chi connectivity index (χ0n) is 13.2. The number of hydrogen-bond acceptors (Lipinski definition) is 3. The Bertz CT molecular complexity index is 739. The van der Waals surface area contributed by atoms with Gasteiger partial charge in [-0.25, -0.2) is 0 Å². The van der Waals surface area contributed by atoms with Crippen LogP contribution in [-0.4, -0.2) is 30.5 Å². The van der Waals surface area contributed by atoms with Crippen molar-refractivity contribution in [2.75, 3.05) is 19.7 Å². The molecule has 1 fully saturated rings. The molecule has 132 valence electrons. The summed E-state index contributed by atoms with van der Waals surface area (Å²) in [5, 5.41) is 1.93. The van der Waals surface area contributed by atoms with Gasteiger partial charge in [0.15, 0.2) is 0 Å². The minimum atomic E-state index is -4.36. The molecule has 3 nitrogen and oxygen atoms in total. The van der Waals surface area contributed by atoms with Gasteiger partial charge in [-0.15, -0.1) is 11.3 Å². The predicted molar refractivity (Wildman–Crippen MR) is 90.1 cm³/mol. The van der Waals surface area contributed by atoms with Crippen molar-refractivity contribution >= 4 is 23.3 Å². The summed E-state index contributed by atoms with van der Waals surface area (Å²) in [7, 11) is 0. The van der Waals surface area contributed by atoms with Crippen molar-refractivity contribution in [3.05, 3.63) is 63.9 Å². The average Bonchev–Trinajstić information content (AvgIpc) is 3.13. The highest BCUT2D eigenvalue weighted by Crippen LogP contribution is 2.31. The SMILES string of the molecule is O=C(C=Cc1cccs1)N1CCOC(c2ccc(C(F)(F)F)cc2)C1. The van der Waals surface area contributed by atoms with Crippen LogP contribution in [0.25, 0.3) is 6.08 Å². The maximum atomic E-state index is 12.6. The summed E-state index contributed by atoms with van der Waals surface area (Å²) in [6, 6.07) is 8.71. The third kappa shape index (κ3) is 4.49. The van der Waals surface area contributed by atoms with Crippen molar-refractivity contribution in [3.63, 3.8) is 0 Å². The lowest BCUT2D eigenvalue weighted by Gasteiger charge is -2.32. The lowest BCUT2D eigenvalue weighted by atomic mass is 10.1. The molecule has 0 aliphatic carbocycles. The van der Waals surface area contributed by atoms with Gasteiger partial charge < -0.3 is 9.64 Å². The fourth-order valence-electron chi connectivity index (χ4n) is 2.58. The topological polar surface area (TPSA) is 29.5 Å². The molecule has 1 aliphatic heterocycles. The molecule has 0 radical (unpaired) electrons. The van der Waals surface area contributed by atoms with Gasteiger partial charge >= 0.3 is 6.18 Å². The minimum Gasteiger partial charge on any atom is -0.370 e. The highest BCUT2D eigenvalue weighted by molar-refractivity contribution is 7.10. The van der Waals surface area contributed by atoms with Crippen LogP contribution in [0.2, 0.25) is 0 Å². The first-order valence-electron chi connectivity index (χ1n) is 7.73. The highest BCUT2D eigenvalue weighted by Gasteiger charge is 2.31. The molecule has 7 heteroatoms. The molecule has 1 saturated heterocycles. The number of hydrogen-bond donors (Lipinski definition) is 0. The molecule has 2 heterocycles. The van der Waals surface area contributed by atoms with E-state index in [0.29, 0.717) is 25.3 Å². The highest BCUT2D eigenvalue weighted by atomic mass is 32.1. The number of carbonyl (C=O) groups is 1. The Morgan fingerprint density at radius 3 is 2.64 bits per heavy atom. The molecule has 0 saturated carbocycles. The van der Waals surface area contributed by atoms with Crippen molar-refractivity contribution in [3.8, 4) is 0 Å². The monoisotopic (exact) mass is 367 g/mol. The summed E-state index contributed by atoms with van der Waals surface area (Å²) in [5.74, 6) is -0.131. The smallest absolute Gasteiger partial charge is 0.370 e. The second-order valence-corrected chi connectivity index (χ2v) is 6.59. The standard InChI is InChI=1S/C18H16F3NO2S/c19-18(20,21)14-5-3-13(4-6-14)16-12-22(9-10-24-16)17(23)8-7-15-2-1-11-25-15/h1-8,11,16H,9-10,12H2. The van der Waals surface area contributed by atoms with Gasteiger partial charge in [-0.3, -0.25) is 4.79 Å². The molecule has 25 heavy (non-hydrogen) atoms. The molecule has 1 aliphatic rings. The number of carbonyl (C=O) groups excluding carboxylic acids is 1. The first kappa shape index (κ1) is 17.7. The molecule has 1 aromatic heterocycles. The molecular weight excluding hydrogens is 351 g/mol. The Labute approximate surface area is 147 Å². The average molecular weight is 367 g/mol. The van der Waals surface area contributed by atoms with E-state index in [0.717, 1.165) is 17.0 Å². The summed E-state index contributed by atoms with van der Waals surface area (Å²) in [5.41, 5.74) is -0.0633. The number of rotatable bonds is 3. The molecule has 0 bridgehead atoms. The van der Waals surface area contributed by atoms with Gasteiger partial charge in [-0.05, 0) is 35.2 Å². The van der Waals surface area contributed by atoms with E-state index in [1.165, 1.54) is 29.5 Å². The number of benzene rings is 1. The van der Waals surface area contributed by atoms with Crippen LogP contribution < -0.4 is 0 Å². The Hall–Kier alpha value is -2.12. The molecule has 0 spiro atoms. The van der Waals surface area contributed by atoms with E-state index < -0.39 is 17.8 Å². The van der Waals surface area contributed by atoms with Gasteiger partial charge in [0.05, 0.1) is 18.7 Å². The van der Waals surface area contributed by atoms with Crippen LogP contribution in [0.15, 0.2) is 47.9 Å². The van der Waals surface area contributed by atoms with Gasteiger partial charge in [0.2, 0.25) is 5.91 Å². The van der Waals surface area contributed by atoms with Gasteiger partial charge in [0, 0.05) is 17.5 Å². The summed E-state index contributed by atoms with van der Waals surface area (Å²) in [6.07, 6.45) is -1.51. The summed E-state index contributed by atoms with van der Waals surface area (Å²) in [6.45, 7) is 1.13. The Kier molecular flexibility index (Phi) is 5.24. The van der Waals surface area contributed by atoms with Gasteiger partial charge in [0.25, 0.3) is 0 Å². The van der Waals surface area contributed by atoms with Crippen LogP contribution in [0.1, 0.15) is 22.1 Å². The normalized spacial score (nSPS) is 18.7. The van der Waals surface area contributed by atoms with Crippen molar-refractivity contribution in [2.24, 2.45) is 0 Å². The molecule has 3 rings (SSSR count). The number of ether oxygens (including phenoxy) is 1. The van der Waals surface area contributed by atoms with Gasteiger partial charge in [-0.1, -0.05) is 18.2 Å². The van der Waals surface area contributed by atoms with Crippen molar-refractivity contribution in [2.45, 2.75) is 12.3 Å². The number of alkyl halides is 3. The van der Waals surface area contributed by atoms with Crippen molar-refractivity contribution in [1.82, 2.24) is 4.90 Å². The quantitative estimate of drug-likeness (QED) is 0.754. The maximum Gasteiger partial charge on any atom is 0.416 e. The largest absolute Gasteiger partial charge is 0.416 e. The first-order valence-corrected chi connectivity index (χ1v) is 8.61. The van der Waals surface area contributed by atoms with Crippen LogP contribution in [0, 0.1) is 0 Å². The second kappa shape index (κ2) is 7.41. The van der Waals surface area contributed by atoms with E-state index >= 15 is 0 Å². The molecule has 1 unspecified atom stereocenters. The van der Waals surface area contributed by atoms with Crippen LogP contribution in [0.3, 0.4) is 0 Å². The first-order chi connectivity index (χ1) is 11.9. The predicted octanol–water partition coefficient (Wildman–Crippen LogP) is 4.38. The number of morpholine rings is 1. The Balaban J connectivity index is 1.65. The third-order valence-electron chi connectivity index (χ3n) is 3.92. The lowest BCUT2D eigenvalue weighted by molar-refractivity contribution is -0.137. The third-order valence-corrected chi connectivity index (χ3v) is 4.76. The van der Waals surface area contributed by atoms with Crippen LogP contribution in [-0.2, 0) is 15.7 Å². The molecule has 2 aromatic rings. The molecule has 1 amide bonds. The molecule has 1 aromatic carbocycles. The lowest BCUT2D eigenvalue weighted by Crippen LogP contribution is -2.41. The minimum absolute atomic E-state index is 0.131. The van der Waals surface area contributed by atoms with E-state index in [4.69, 9.17) is 4.74 Å². The van der Waals surface area contributed by atoms with E-state index in [9.17, 15) is 18.0 Å². The van der Waals surface area contributed by atoms with Crippen LogP contribution in [0.5, 0.6) is 0 Å². The fourth-order valence-corrected chi connectivity index (χ4v) is 3.20. The van der Waals surface area contributed by atoms with E-state index in [1.807, 2.05) is 17.5 Å². The zero-order valence-corrected chi connectivity index (χ0v) is 14.0. The fraction of sp³-hybridized carbons (Fsp3) is 0.278. The second-order valence-electron chi connectivity index (χ2n) is 5.61. The molecular formula is C18H16F3NO2S. The molecule has 1 atom stereocenters. The maximum absolute atomic E-state index is 12.6. The van der Waals surface area contributed by atoms with Crippen LogP contribution >= 0.6 is 11.3 Å². The van der Waals surface area contributed by atoms with Gasteiger partial charge in [-0.2, -0.15) is 13.2 Å². The van der Waals surface area contributed by atoms with Crippen molar-refractivity contribution < 1.29 is 22.7 Å². The Morgan fingerprint density at radius 2 is 2.00 bits per heavy atom. The van der Waals surface area contributed by atoms with Crippen molar-refractivity contribution in [1.29, 1.82) is 0 Å². The van der Waals surface area contributed by atoms with E-state index in [2.05, 4.69) is 0 Å². The van der Waals surface area contributed by atoms with Crippen LogP contribution in [0.4, 0.5) is 13.2 Å². The van der Waals surface area contributed by atoms with E-state index in [1.54, 1.807) is 11.0 Å². The number of nitrogens with zero attached hydrogens (tertiary/aromatic N) is 1. The van der Waals surface area contributed by atoms with Gasteiger partial charge in [0.1, 0.15) is 6.10 Å². The number of thiophene rings is 1. The zero-order chi connectivity index (χ0) is 17.9. The summed E-state index contributed by atoms with van der Waals surface area (Å²) >= 11 is 1.54. The number of halogens is 3. The summed E-state index contributed by atoms with van der Waals surface area (Å²) < 4.78 is 43.5. The summed E-state index contributed by atoms with van der Waals surface area (Å²) in [4.78, 5) is 14.9. The molecule has 0 N–H and O–H groups in total. The Morgan fingerprint density at radius 1 is 1.24 bits per heavy atom. The van der Waals surface area contributed by atoms with E-state index in [-0.39, 0.29) is 5.91 Å².